The maximum Gasteiger partial charge on any atom is 0.103 e. The lowest BCUT2D eigenvalue weighted by molar-refractivity contribution is 0.979. The number of hydrogen-bond acceptors (Lipinski definition) is 2. The van der Waals surface area contributed by atoms with Gasteiger partial charge in [0.15, 0.2) is 0 Å². The third-order valence-electron chi connectivity index (χ3n) is 1.02. The molecule has 0 spiro atoms. The maximum atomic E-state index is 5.73. The van der Waals surface area contributed by atoms with Crippen molar-refractivity contribution in [2.24, 2.45) is 5.73 Å². The summed E-state index contributed by atoms with van der Waals surface area (Å²) >= 11 is 7.83. The summed E-state index contributed by atoms with van der Waals surface area (Å²) in [4.78, 5) is 4.13. The van der Waals surface area contributed by atoms with Gasteiger partial charge < -0.3 is 5.73 Å². The Balaban J connectivity index is 3.06. The number of hydrogen-bond donors (Lipinski definition) is 1. The van der Waals surface area contributed by atoms with Crippen LogP contribution in [-0.4, -0.2) is 4.98 Å². The van der Waals surface area contributed by atoms with Crippen molar-refractivity contribution in [2.45, 2.75) is 6.54 Å². The van der Waals surface area contributed by atoms with Gasteiger partial charge in [0.25, 0.3) is 0 Å². The molecular weight excluding hydrogens is 262 g/mol. The Morgan fingerprint density at radius 2 is 2.30 bits per heavy atom. The Hall–Kier alpha value is 0.130. The summed E-state index contributed by atoms with van der Waals surface area (Å²) in [6, 6.07) is 3.56. The number of pyridine rings is 1. The zero-order valence-corrected chi connectivity index (χ0v) is 8.06. The number of rotatable bonds is 1. The van der Waals surface area contributed by atoms with Crippen molar-refractivity contribution in [2.75, 3.05) is 0 Å². The summed E-state index contributed by atoms with van der Waals surface area (Å²) in [5.41, 5.74) is 6.19. The third-order valence-corrected chi connectivity index (χ3v) is 1.79. The molecule has 0 atom stereocenters. The van der Waals surface area contributed by atoms with E-state index in [2.05, 4.69) is 27.6 Å². The number of aromatic nitrogens is 1. The minimum Gasteiger partial charge on any atom is -0.325 e. The van der Waals surface area contributed by atoms with Gasteiger partial charge in [-0.25, -0.2) is 4.98 Å². The van der Waals surface area contributed by atoms with Crippen LogP contribution < -0.4 is 5.73 Å². The average Bonchev–Trinajstić information content (AvgIpc) is 1.85. The molecule has 0 saturated heterocycles. The van der Waals surface area contributed by atoms with Gasteiger partial charge in [0.05, 0.1) is 5.69 Å². The van der Waals surface area contributed by atoms with Crippen LogP contribution in [0, 0.1) is 3.70 Å². The predicted octanol–water partition coefficient (Wildman–Crippen LogP) is 1.80. The molecule has 0 aromatic carbocycles. The van der Waals surface area contributed by atoms with E-state index < -0.39 is 0 Å². The molecule has 0 aliphatic heterocycles. The van der Waals surface area contributed by atoms with Gasteiger partial charge in [0.1, 0.15) is 3.70 Å². The minimum atomic E-state index is 0.441. The molecule has 1 heterocycles. The van der Waals surface area contributed by atoms with Crippen LogP contribution in [0.25, 0.3) is 0 Å². The van der Waals surface area contributed by atoms with E-state index in [0.29, 0.717) is 11.6 Å². The summed E-state index contributed by atoms with van der Waals surface area (Å²) in [6.45, 7) is 0.441. The quantitative estimate of drug-likeness (QED) is 0.623. The minimum absolute atomic E-state index is 0.441. The van der Waals surface area contributed by atoms with Crippen LogP contribution in [0.1, 0.15) is 5.69 Å². The molecule has 1 rings (SSSR count). The van der Waals surface area contributed by atoms with Crippen molar-refractivity contribution in [3.05, 3.63) is 26.5 Å². The van der Waals surface area contributed by atoms with Gasteiger partial charge in [-0.2, -0.15) is 0 Å². The number of nitrogens with zero attached hydrogens (tertiary/aromatic N) is 1. The van der Waals surface area contributed by atoms with Crippen molar-refractivity contribution in [1.29, 1.82) is 0 Å². The molecule has 0 saturated carbocycles. The highest BCUT2D eigenvalue weighted by molar-refractivity contribution is 14.1. The molecule has 1 aromatic heterocycles. The summed E-state index contributed by atoms with van der Waals surface area (Å²) < 4.78 is 0.880. The average molecular weight is 268 g/mol. The van der Waals surface area contributed by atoms with Gasteiger partial charge in [-0.1, -0.05) is 11.6 Å². The number of halogens is 2. The van der Waals surface area contributed by atoms with Gasteiger partial charge in [-0.3, -0.25) is 0 Å². The van der Waals surface area contributed by atoms with E-state index in [1.54, 1.807) is 12.1 Å². The highest BCUT2D eigenvalue weighted by atomic mass is 127. The molecule has 2 nitrogen and oxygen atoms in total. The lowest BCUT2D eigenvalue weighted by Gasteiger charge is -1.96. The molecule has 0 aliphatic carbocycles. The second-order valence-electron chi connectivity index (χ2n) is 1.80. The smallest absolute Gasteiger partial charge is 0.103 e. The Morgan fingerprint density at radius 1 is 1.60 bits per heavy atom. The van der Waals surface area contributed by atoms with Gasteiger partial charge in [0, 0.05) is 11.6 Å². The standard InChI is InChI=1S/C6H6ClIN2/c7-4-1-5(3-9)10-6(8)2-4/h1-2H,3,9H2. The highest BCUT2D eigenvalue weighted by Gasteiger charge is 1.95. The zero-order chi connectivity index (χ0) is 7.56. The van der Waals surface area contributed by atoms with Crippen LogP contribution >= 0.6 is 34.2 Å². The van der Waals surface area contributed by atoms with E-state index in [1.165, 1.54) is 0 Å². The van der Waals surface area contributed by atoms with Crippen LogP contribution in [-0.2, 0) is 6.54 Å². The van der Waals surface area contributed by atoms with Gasteiger partial charge >= 0.3 is 0 Å². The van der Waals surface area contributed by atoms with Gasteiger partial charge in [-0.15, -0.1) is 0 Å². The zero-order valence-electron chi connectivity index (χ0n) is 5.14. The van der Waals surface area contributed by atoms with E-state index in [1.807, 2.05) is 0 Å². The second-order valence-corrected chi connectivity index (χ2v) is 3.35. The summed E-state index contributed by atoms with van der Waals surface area (Å²) in [7, 11) is 0. The maximum absolute atomic E-state index is 5.73. The highest BCUT2D eigenvalue weighted by Crippen LogP contribution is 2.12. The van der Waals surface area contributed by atoms with Crippen LogP contribution in [0.2, 0.25) is 5.02 Å². The first-order valence-electron chi connectivity index (χ1n) is 2.74. The summed E-state index contributed by atoms with van der Waals surface area (Å²) in [5, 5.41) is 0.694. The molecule has 0 unspecified atom stereocenters. The van der Waals surface area contributed by atoms with Crippen molar-refractivity contribution < 1.29 is 0 Å². The molecule has 0 aliphatic rings. The van der Waals surface area contributed by atoms with E-state index in [4.69, 9.17) is 17.3 Å². The van der Waals surface area contributed by atoms with E-state index in [0.717, 1.165) is 9.39 Å². The molecule has 0 fully saturated rings. The summed E-state index contributed by atoms with van der Waals surface area (Å²) in [5.74, 6) is 0. The van der Waals surface area contributed by atoms with Crippen LogP contribution in [0.15, 0.2) is 12.1 Å². The molecule has 1 aromatic rings. The fourth-order valence-electron chi connectivity index (χ4n) is 0.621. The lowest BCUT2D eigenvalue weighted by Crippen LogP contribution is -2.00. The summed E-state index contributed by atoms with van der Waals surface area (Å²) in [6.07, 6.45) is 0. The molecule has 10 heavy (non-hydrogen) atoms. The van der Waals surface area contributed by atoms with Crippen molar-refractivity contribution >= 4 is 34.2 Å². The monoisotopic (exact) mass is 268 g/mol. The SMILES string of the molecule is NCc1cc(Cl)cc(I)n1. The van der Waals surface area contributed by atoms with Crippen LogP contribution in [0.3, 0.4) is 0 Å². The molecule has 0 radical (unpaired) electrons. The topological polar surface area (TPSA) is 38.9 Å². The van der Waals surface area contributed by atoms with Crippen molar-refractivity contribution in [1.82, 2.24) is 4.98 Å². The first kappa shape index (κ1) is 8.23. The van der Waals surface area contributed by atoms with Crippen LogP contribution in [0.5, 0.6) is 0 Å². The molecule has 4 heteroatoms. The molecule has 0 bridgehead atoms. The second kappa shape index (κ2) is 3.50. The first-order chi connectivity index (χ1) is 4.72. The normalized spacial score (nSPS) is 9.90. The Bertz CT molecular complexity index is 219. The lowest BCUT2D eigenvalue weighted by atomic mass is 10.3. The fourth-order valence-corrected chi connectivity index (χ4v) is 1.68. The third kappa shape index (κ3) is 2.07. The van der Waals surface area contributed by atoms with E-state index in [9.17, 15) is 0 Å². The molecule has 2 N–H and O–H groups in total. The van der Waals surface area contributed by atoms with Crippen LogP contribution in [0.4, 0.5) is 0 Å². The fraction of sp³-hybridized carbons (Fsp3) is 0.167. The van der Waals surface area contributed by atoms with E-state index in [-0.39, 0.29) is 0 Å². The van der Waals surface area contributed by atoms with Crippen molar-refractivity contribution in [3.63, 3.8) is 0 Å². The Morgan fingerprint density at radius 3 is 2.80 bits per heavy atom. The van der Waals surface area contributed by atoms with Gasteiger partial charge in [-0.05, 0) is 34.7 Å². The molecular formula is C6H6ClIN2. The van der Waals surface area contributed by atoms with Crippen molar-refractivity contribution in [3.8, 4) is 0 Å². The molecule has 54 valence electrons. The van der Waals surface area contributed by atoms with Gasteiger partial charge in [0.2, 0.25) is 0 Å². The van der Waals surface area contributed by atoms with E-state index >= 15 is 0 Å². The predicted molar refractivity (Wildman–Crippen MR) is 49.9 cm³/mol. The largest absolute Gasteiger partial charge is 0.325 e. The number of nitrogens with two attached hydrogens (primary N) is 1. The molecule has 0 amide bonds. The first-order valence-corrected chi connectivity index (χ1v) is 4.20. The Labute approximate surface area is 77.9 Å². The Kier molecular flexibility index (Phi) is 2.88.